The standard InChI is InChI=1S/C49H66ClN5O10/c1-9-30-22-49(30,45(59)60)23-38(56)37-19-32(24-55(37)44(58)34(47(4,5)6)20-41(57)65-31-17-28-16-29(28)18-31)64-40-21-35(36-25-63-46(53-36)51-27(2)3)52-43-33(40)10-11-39(42(43)50)62-15-13-54-12-14-61-26-48(54,7)8/h10-11,21,25,27-32,34,37H,9,12-20,22-24,26H2,1-8H3,(H,51,53)(H,59,60)/t28-,29+,30-,31?,32-,34-,37+,49-/m1/s1. The Kier molecular flexibility index (Phi) is 13.3. The van der Waals surface area contributed by atoms with Crippen LogP contribution in [0.3, 0.4) is 0 Å². The van der Waals surface area contributed by atoms with Crippen LogP contribution in [-0.2, 0) is 28.7 Å². The largest absolute Gasteiger partial charge is 0.491 e. The number of hydrogen-bond acceptors (Lipinski definition) is 13. The maximum atomic E-state index is 14.9. The van der Waals surface area contributed by atoms with Gasteiger partial charge in [0.25, 0.3) is 6.01 Å². The molecule has 2 aromatic heterocycles. The minimum atomic E-state index is -1.17. The molecule has 2 saturated heterocycles. The van der Waals surface area contributed by atoms with Gasteiger partial charge in [-0.2, -0.15) is 4.98 Å². The summed E-state index contributed by atoms with van der Waals surface area (Å²) in [6.07, 6.45) is 4.40. The number of benzene rings is 1. The number of nitrogens with one attached hydrogen (secondary N) is 1. The molecule has 5 fully saturated rings. The zero-order valence-electron chi connectivity index (χ0n) is 39.1. The molecule has 1 amide bonds. The lowest BCUT2D eigenvalue weighted by Crippen LogP contribution is -2.54. The van der Waals surface area contributed by atoms with Gasteiger partial charge >= 0.3 is 11.9 Å². The van der Waals surface area contributed by atoms with Gasteiger partial charge in [-0.05, 0) is 88.7 Å². The number of ether oxygens (including phenoxy) is 4. The number of carbonyl (C=O) groups is 4. The third-order valence-corrected chi connectivity index (χ3v) is 14.9. The Hall–Kier alpha value is -4.47. The van der Waals surface area contributed by atoms with Crippen molar-refractivity contribution in [1.29, 1.82) is 0 Å². The molecule has 3 aliphatic carbocycles. The van der Waals surface area contributed by atoms with E-state index in [0.717, 1.165) is 19.4 Å². The number of anilines is 1. The number of Topliss-reactive ketones (excluding diaryl/α,β-unsaturated/α-hetero) is 1. The molecule has 16 heteroatoms. The summed E-state index contributed by atoms with van der Waals surface area (Å²) in [6, 6.07) is 4.77. The second-order valence-corrected chi connectivity index (χ2v) is 21.6. The monoisotopic (exact) mass is 919 g/mol. The number of nitrogens with zero attached hydrogens (tertiary/aromatic N) is 4. The normalized spacial score (nSPS) is 27.6. The Morgan fingerprint density at radius 3 is 2.45 bits per heavy atom. The van der Waals surface area contributed by atoms with E-state index in [1.165, 1.54) is 17.6 Å². The van der Waals surface area contributed by atoms with Crippen molar-refractivity contribution in [2.24, 2.45) is 34.5 Å². The average molecular weight is 921 g/mol. The lowest BCUT2D eigenvalue weighted by Gasteiger charge is -2.41. The Bertz CT molecular complexity index is 2280. The molecular weight excluding hydrogens is 854 g/mol. The summed E-state index contributed by atoms with van der Waals surface area (Å²) < 4.78 is 30.5. The molecule has 1 aromatic carbocycles. The summed E-state index contributed by atoms with van der Waals surface area (Å²) in [5, 5.41) is 14.3. The molecule has 5 aliphatic rings. The highest BCUT2D eigenvalue weighted by atomic mass is 35.5. The smallest absolute Gasteiger partial charge is 0.310 e. The van der Waals surface area contributed by atoms with Crippen molar-refractivity contribution in [3.8, 4) is 22.9 Å². The number of likely N-dealkylation sites (tertiary alicyclic amines) is 1. The number of fused-ring (bicyclic) bond motifs is 2. The van der Waals surface area contributed by atoms with Gasteiger partial charge in [-0.25, -0.2) is 4.98 Å². The number of pyridine rings is 1. The van der Waals surface area contributed by atoms with E-state index in [1.807, 2.05) is 47.6 Å². The summed E-state index contributed by atoms with van der Waals surface area (Å²) in [5.74, 6) is -0.957. The van der Waals surface area contributed by atoms with Crippen molar-refractivity contribution in [3.63, 3.8) is 0 Å². The minimum absolute atomic E-state index is 0.0263. The number of carboxylic acids is 1. The first-order chi connectivity index (χ1) is 30.8. The van der Waals surface area contributed by atoms with Crippen LogP contribution >= 0.6 is 11.6 Å². The van der Waals surface area contributed by atoms with Gasteiger partial charge in [0.05, 0.1) is 54.8 Å². The van der Waals surface area contributed by atoms with Gasteiger partial charge in [0.15, 0.2) is 5.78 Å². The molecule has 4 heterocycles. The highest BCUT2D eigenvalue weighted by molar-refractivity contribution is 6.36. The van der Waals surface area contributed by atoms with E-state index in [2.05, 4.69) is 29.0 Å². The number of ketones is 1. The molecule has 0 spiro atoms. The summed E-state index contributed by atoms with van der Waals surface area (Å²) in [5.41, 5.74) is -0.730. The zero-order valence-corrected chi connectivity index (χ0v) is 39.9. The molecule has 65 heavy (non-hydrogen) atoms. The third-order valence-electron chi connectivity index (χ3n) is 14.5. The maximum absolute atomic E-state index is 14.9. The maximum Gasteiger partial charge on any atom is 0.310 e. The van der Waals surface area contributed by atoms with E-state index >= 15 is 0 Å². The number of halogens is 1. The molecule has 0 bridgehead atoms. The second kappa shape index (κ2) is 18.3. The van der Waals surface area contributed by atoms with Crippen LogP contribution in [0.5, 0.6) is 11.5 Å². The lowest BCUT2D eigenvalue weighted by atomic mass is 9.77. The van der Waals surface area contributed by atoms with Crippen molar-refractivity contribution in [1.82, 2.24) is 19.8 Å². The van der Waals surface area contributed by atoms with Gasteiger partial charge in [0, 0.05) is 49.0 Å². The van der Waals surface area contributed by atoms with E-state index in [1.54, 1.807) is 12.1 Å². The number of carbonyl (C=O) groups excluding carboxylic acids is 3. The molecule has 2 N–H and O–H groups in total. The van der Waals surface area contributed by atoms with Crippen LogP contribution in [0.2, 0.25) is 5.02 Å². The Labute approximate surface area is 386 Å². The number of aromatic nitrogens is 2. The summed E-state index contributed by atoms with van der Waals surface area (Å²) in [6.45, 7) is 19.0. The average Bonchev–Trinajstić information content (AvgIpc) is 3.91. The van der Waals surface area contributed by atoms with E-state index < -0.39 is 40.8 Å². The van der Waals surface area contributed by atoms with Crippen molar-refractivity contribution in [2.75, 3.05) is 44.8 Å². The molecule has 8 rings (SSSR count). The van der Waals surface area contributed by atoms with Crippen LogP contribution in [0.1, 0.15) is 107 Å². The fourth-order valence-corrected chi connectivity index (χ4v) is 10.7. The highest BCUT2D eigenvalue weighted by Gasteiger charge is 2.61. The van der Waals surface area contributed by atoms with Gasteiger partial charge in [-0.15, -0.1) is 0 Å². The SMILES string of the molecule is CC[C@@H]1C[C@]1(CC(=O)[C@@H]1C[C@@H](Oc2cc(-c3coc(NC(C)C)n3)nc3c(Cl)c(OCCN4CCOCC4(C)C)ccc23)CN1C(=O)[C@@H](CC(=O)OC1C[C@@H]2C[C@@H]2C1)C(C)(C)C)C(=O)O. The Balaban J connectivity index is 1.09. The molecular formula is C49H66ClN5O10. The van der Waals surface area contributed by atoms with Crippen LogP contribution in [0, 0.1) is 34.5 Å². The molecule has 2 aliphatic heterocycles. The number of aliphatic carboxylic acids is 1. The van der Waals surface area contributed by atoms with Crippen LogP contribution in [0.15, 0.2) is 28.9 Å². The number of oxazole rings is 1. The fraction of sp³-hybridized carbons (Fsp3) is 0.673. The third kappa shape index (κ3) is 10.1. The topological polar surface area (TPSA) is 183 Å². The fourth-order valence-electron chi connectivity index (χ4n) is 10.5. The van der Waals surface area contributed by atoms with Crippen molar-refractivity contribution in [3.05, 3.63) is 29.5 Å². The van der Waals surface area contributed by atoms with Gasteiger partial charge in [0.1, 0.15) is 47.3 Å². The molecule has 354 valence electrons. The minimum Gasteiger partial charge on any atom is -0.491 e. The number of rotatable bonds is 18. The Morgan fingerprint density at radius 2 is 1.78 bits per heavy atom. The number of carboxylic acid groups (broad SMARTS) is 1. The van der Waals surface area contributed by atoms with E-state index in [4.69, 9.17) is 39.9 Å². The van der Waals surface area contributed by atoms with Crippen molar-refractivity contribution < 1.29 is 47.6 Å². The van der Waals surface area contributed by atoms with E-state index in [-0.39, 0.29) is 66.1 Å². The number of hydrogen-bond donors (Lipinski definition) is 2. The van der Waals surface area contributed by atoms with Gasteiger partial charge in [0.2, 0.25) is 5.91 Å². The number of morpholine rings is 1. The van der Waals surface area contributed by atoms with Crippen LogP contribution in [0.25, 0.3) is 22.3 Å². The predicted octanol–water partition coefficient (Wildman–Crippen LogP) is 8.06. The summed E-state index contributed by atoms with van der Waals surface area (Å²) in [7, 11) is 0. The summed E-state index contributed by atoms with van der Waals surface area (Å²) >= 11 is 7.15. The second-order valence-electron chi connectivity index (χ2n) is 21.2. The van der Waals surface area contributed by atoms with E-state index in [0.29, 0.717) is 90.8 Å². The lowest BCUT2D eigenvalue weighted by molar-refractivity contribution is -0.157. The quantitative estimate of drug-likeness (QED) is 0.117. The highest BCUT2D eigenvalue weighted by Crippen LogP contribution is 2.58. The predicted molar refractivity (Wildman–Crippen MR) is 244 cm³/mol. The molecule has 15 nitrogen and oxygen atoms in total. The number of esters is 1. The Morgan fingerprint density at radius 1 is 1.03 bits per heavy atom. The van der Waals surface area contributed by atoms with Gasteiger partial charge < -0.3 is 38.7 Å². The van der Waals surface area contributed by atoms with Gasteiger partial charge in [-0.1, -0.05) is 45.7 Å². The van der Waals surface area contributed by atoms with Crippen LogP contribution < -0.4 is 14.8 Å². The van der Waals surface area contributed by atoms with Crippen molar-refractivity contribution >= 4 is 52.1 Å². The molecule has 8 atom stereocenters. The van der Waals surface area contributed by atoms with Gasteiger partial charge in [-0.3, -0.25) is 24.1 Å². The zero-order chi connectivity index (χ0) is 46.6. The molecule has 3 aromatic rings. The van der Waals surface area contributed by atoms with Crippen LogP contribution in [0.4, 0.5) is 6.01 Å². The van der Waals surface area contributed by atoms with Crippen molar-refractivity contribution in [2.45, 2.75) is 137 Å². The molecule has 3 saturated carbocycles. The molecule has 1 unspecified atom stereocenters. The van der Waals surface area contributed by atoms with E-state index in [9.17, 15) is 24.3 Å². The first kappa shape index (κ1) is 47.0. The first-order valence-corrected chi connectivity index (χ1v) is 23.9. The number of amides is 1. The first-order valence-electron chi connectivity index (χ1n) is 23.5. The summed E-state index contributed by atoms with van der Waals surface area (Å²) in [4.78, 5) is 69.0. The van der Waals surface area contributed by atoms with Crippen LogP contribution in [-0.4, -0.2) is 118 Å². The molecule has 0 radical (unpaired) electrons.